The Morgan fingerprint density at radius 1 is 1.44 bits per heavy atom. The third kappa shape index (κ3) is 2.17. The van der Waals surface area contributed by atoms with Gasteiger partial charge in [-0.25, -0.2) is 13.4 Å². The van der Waals surface area contributed by atoms with E-state index in [1.165, 1.54) is 0 Å². The first-order valence-corrected chi connectivity index (χ1v) is 7.51. The highest BCUT2D eigenvalue weighted by atomic mass is 32.2. The third-order valence-electron chi connectivity index (χ3n) is 2.38. The van der Waals surface area contributed by atoms with Crippen LogP contribution in [-0.4, -0.2) is 18.7 Å². The van der Waals surface area contributed by atoms with Gasteiger partial charge in [0.25, 0.3) is 0 Å². The summed E-state index contributed by atoms with van der Waals surface area (Å²) in [7, 11) is -3.36. The van der Waals surface area contributed by atoms with E-state index in [1.807, 2.05) is 0 Å². The maximum Gasteiger partial charge on any atom is 0.210 e. The maximum absolute atomic E-state index is 12.0. The molecular formula is C10H10N4O2S2. The third-order valence-corrected chi connectivity index (χ3v) is 5.96. The zero-order chi connectivity index (χ0) is 13.3. The van der Waals surface area contributed by atoms with Crippen LogP contribution >= 0.6 is 11.3 Å². The molecule has 1 aromatic carbocycles. The lowest BCUT2D eigenvalue weighted by Crippen LogP contribution is -2.13. The summed E-state index contributed by atoms with van der Waals surface area (Å²) in [6.07, 6.45) is 0. The zero-order valence-corrected chi connectivity index (χ0v) is 11.4. The van der Waals surface area contributed by atoms with Crippen molar-refractivity contribution in [1.82, 2.24) is 4.98 Å². The van der Waals surface area contributed by atoms with Gasteiger partial charge in [0.15, 0.2) is 0 Å². The average Bonchev–Trinajstić information content (AvgIpc) is 2.72. The molecule has 0 saturated heterocycles. The fourth-order valence-electron chi connectivity index (χ4n) is 1.33. The predicted octanol–water partition coefficient (Wildman–Crippen LogP) is 3.42. The Hall–Kier alpha value is -1.63. The molecule has 2 aromatic rings. The molecule has 0 N–H and O–H groups in total. The predicted molar refractivity (Wildman–Crippen MR) is 70.7 cm³/mol. The van der Waals surface area contributed by atoms with Gasteiger partial charge in [-0.15, -0.1) is 11.3 Å². The molecule has 1 heterocycles. The van der Waals surface area contributed by atoms with Gasteiger partial charge in [0.1, 0.15) is 0 Å². The summed E-state index contributed by atoms with van der Waals surface area (Å²) in [6.45, 7) is 3.24. The molecule has 0 atom stereocenters. The van der Waals surface area contributed by atoms with E-state index in [4.69, 9.17) is 5.53 Å². The van der Waals surface area contributed by atoms with Crippen LogP contribution in [0.5, 0.6) is 0 Å². The highest BCUT2D eigenvalue weighted by molar-refractivity contribution is 7.94. The summed E-state index contributed by atoms with van der Waals surface area (Å²) in [5.41, 5.74) is 9.39. The van der Waals surface area contributed by atoms with Crippen molar-refractivity contribution in [3.63, 3.8) is 0 Å². The quantitative estimate of drug-likeness (QED) is 0.490. The van der Waals surface area contributed by atoms with Gasteiger partial charge in [-0.3, -0.25) is 0 Å². The molecule has 0 bridgehead atoms. The van der Waals surface area contributed by atoms with Crippen LogP contribution in [0.25, 0.3) is 20.7 Å². The van der Waals surface area contributed by atoms with Gasteiger partial charge >= 0.3 is 0 Å². The summed E-state index contributed by atoms with van der Waals surface area (Å²) >= 11 is 1.09. The number of thiazole rings is 1. The van der Waals surface area contributed by atoms with Gasteiger partial charge in [-0.05, 0) is 31.5 Å². The summed E-state index contributed by atoms with van der Waals surface area (Å²) < 4.78 is 24.8. The Bertz CT molecular complexity index is 742. The van der Waals surface area contributed by atoms with Crippen LogP contribution < -0.4 is 0 Å². The highest BCUT2D eigenvalue weighted by Gasteiger charge is 2.23. The molecule has 0 aliphatic heterocycles. The van der Waals surface area contributed by atoms with Gasteiger partial charge in [0.2, 0.25) is 14.2 Å². The van der Waals surface area contributed by atoms with Crippen molar-refractivity contribution in [3.8, 4) is 0 Å². The summed E-state index contributed by atoms with van der Waals surface area (Å²) in [5.74, 6) is 0. The molecule has 6 nitrogen and oxygen atoms in total. The van der Waals surface area contributed by atoms with Crippen molar-refractivity contribution >= 4 is 37.1 Å². The normalized spacial score (nSPS) is 11.7. The molecule has 0 fully saturated rings. The fourth-order valence-corrected chi connectivity index (χ4v) is 4.00. The van der Waals surface area contributed by atoms with Crippen LogP contribution in [0.15, 0.2) is 27.7 Å². The Balaban J connectivity index is 2.61. The molecule has 94 valence electrons. The molecule has 0 aliphatic carbocycles. The van der Waals surface area contributed by atoms with Crippen molar-refractivity contribution in [2.24, 2.45) is 5.11 Å². The second kappa shape index (κ2) is 4.56. The van der Waals surface area contributed by atoms with Gasteiger partial charge in [-0.1, -0.05) is 11.2 Å². The van der Waals surface area contributed by atoms with Gasteiger partial charge in [0.05, 0.1) is 15.5 Å². The Morgan fingerprint density at radius 3 is 2.78 bits per heavy atom. The van der Waals surface area contributed by atoms with Crippen molar-refractivity contribution in [3.05, 3.63) is 28.6 Å². The van der Waals surface area contributed by atoms with Crippen molar-refractivity contribution in [2.45, 2.75) is 23.4 Å². The summed E-state index contributed by atoms with van der Waals surface area (Å²) in [6, 6.07) is 4.88. The number of nitrogens with zero attached hydrogens (tertiary/aromatic N) is 4. The first-order chi connectivity index (χ1) is 8.45. The minimum atomic E-state index is -3.36. The largest absolute Gasteiger partial charge is 0.225 e. The minimum absolute atomic E-state index is 0.102. The van der Waals surface area contributed by atoms with Gasteiger partial charge in [-0.2, -0.15) is 0 Å². The summed E-state index contributed by atoms with van der Waals surface area (Å²) in [4.78, 5) is 6.79. The number of fused-ring (bicyclic) bond motifs is 1. The van der Waals surface area contributed by atoms with E-state index in [0.717, 1.165) is 11.3 Å². The van der Waals surface area contributed by atoms with E-state index in [2.05, 4.69) is 15.0 Å². The minimum Gasteiger partial charge on any atom is -0.225 e. The number of sulfone groups is 1. The van der Waals surface area contributed by atoms with Gasteiger partial charge < -0.3 is 0 Å². The molecule has 0 radical (unpaired) electrons. The highest BCUT2D eigenvalue weighted by Crippen LogP contribution is 2.30. The van der Waals surface area contributed by atoms with E-state index in [1.54, 1.807) is 32.0 Å². The second-order valence-electron chi connectivity index (χ2n) is 3.92. The Labute approximate surface area is 108 Å². The summed E-state index contributed by atoms with van der Waals surface area (Å²) in [5, 5.41) is 2.97. The molecule has 0 saturated carbocycles. The van der Waals surface area contributed by atoms with E-state index in [9.17, 15) is 8.42 Å². The van der Waals surface area contributed by atoms with E-state index in [-0.39, 0.29) is 4.34 Å². The van der Waals surface area contributed by atoms with Crippen LogP contribution in [0.1, 0.15) is 13.8 Å². The molecule has 1 aromatic heterocycles. The monoisotopic (exact) mass is 282 g/mol. The maximum atomic E-state index is 12.0. The number of hydrogen-bond donors (Lipinski definition) is 0. The number of rotatable bonds is 3. The topological polar surface area (TPSA) is 95.8 Å². The van der Waals surface area contributed by atoms with Crippen molar-refractivity contribution in [1.29, 1.82) is 0 Å². The van der Waals surface area contributed by atoms with Crippen LogP contribution in [0, 0.1) is 0 Å². The van der Waals surface area contributed by atoms with Crippen LogP contribution in [0.3, 0.4) is 0 Å². The SMILES string of the molecule is CC(C)S(=O)(=O)c1nc2ccc(N=[N+]=[N-])cc2s1. The van der Waals surface area contributed by atoms with E-state index < -0.39 is 15.1 Å². The number of azide groups is 1. The average molecular weight is 282 g/mol. The Kier molecular flexibility index (Phi) is 3.25. The van der Waals surface area contributed by atoms with Gasteiger partial charge in [0, 0.05) is 10.6 Å². The van der Waals surface area contributed by atoms with Crippen molar-refractivity contribution < 1.29 is 8.42 Å². The molecular weight excluding hydrogens is 272 g/mol. The number of benzene rings is 1. The first kappa shape index (κ1) is 12.8. The molecule has 18 heavy (non-hydrogen) atoms. The molecule has 2 rings (SSSR count). The lowest BCUT2D eigenvalue weighted by atomic mass is 10.3. The van der Waals surface area contributed by atoms with Crippen LogP contribution in [0.4, 0.5) is 5.69 Å². The lowest BCUT2D eigenvalue weighted by molar-refractivity contribution is 0.587. The zero-order valence-electron chi connectivity index (χ0n) is 9.73. The first-order valence-electron chi connectivity index (χ1n) is 5.14. The van der Waals surface area contributed by atoms with Crippen LogP contribution in [0.2, 0.25) is 0 Å². The number of aromatic nitrogens is 1. The lowest BCUT2D eigenvalue weighted by Gasteiger charge is -2.01. The van der Waals surface area contributed by atoms with Crippen molar-refractivity contribution in [2.75, 3.05) is 0 Å². The molecule has 0 spiro atoms. The second-order valence-corrected chi connectivity index (χ2v) is 7.62. The van der Waals surface area contributed by atoms with Crippen LogP contribution in [-0.2, 0) is 9.84 Å². The smallest absolute Gasteiger partial charge is 0.210 e. The van der Waals surface area contributed by atoms with E-state index in [0.29, 0.717) is 15.9 Å². The molecule has 0 aliphatic rings. The van der Waals surface area contributed by atoms with E-state index >= 15 is 0 Å². The standard InChI is InChI=1S/C10H10N4O2S2/c1-6(2)18(15,16)10-12-8-4-3-7(13-14-11)5-9(8)17-10/h3-6H,1-2H3. The molecule has 8 heteroatoms. The molecule has 0 amide bonds. The number of hydrogen-bond acceptors (Lipinski definition) is 5. The Morgan fingerprint density at radius 2 is 2.17 bits per heavy atom. The fraction of sp³-hybridized carbons (Fsp3) is 0.300. The molecule has 0 unspecified atom stereocenters.